The van der Waals surface area contributed by atoms with E-state index in [1.54, 1.807) is 6.07 Å². The smallest absolute Gasteiger partial charge is 0.261 e. The van der Waals surface area contributed by atoms with Crippen LogP contribution < -0.4 is 15.4 Å². The Hall–Kier alpha value is -2.08. The Labute approximate surface area is 127 Å². The first-order chi connectivity index (χ1) is 10.1. The SMILES string of the molecule is CC(C)c1csc(NC(=O)c2cccc3c2OCCN3)n1. The summed E-state index contributed by atoms with van der Waals surface area (Å²) in [7, 11) is 0. The van der Waals surface area contributed by atoms with Crippen molar-refractivity contribution in [2.24, 2.45) is 0 Å². The van der Waals surface area contributed by atoms with Crippen LogP contribution in [0.4, 0.5) is 10.8 Å². The summed E-state index contributed by atoms with van der Waals surface area (Å²) in [5, 5.41) is 8.65. The largest absolute Gasteiger partial charge is 0.489 e. The number of nitrogens with zero attached hydrogens (tertiary/aromatic N) is 1. The molecule has 3 rings (SSSR count). The first-order valence-corrected chi connectivity index (χ1v) is 7.79. The summed E-state index contributed by atoms with van der Waals surface area (Å²) in [5.41, 5.74) is 2.38. The lowest BCUT2D eigenvalue weighted by molar-refractivity contribution is 0.102. The lowest BCUT2D eigenvalue weighted by Gasteiger charge is -2.21. The van der Waals surface area contributed by atoms with Gasteiger partial charge in [-0.15, -0.1) is 11.3 Å². The van der Waals surface area contributed by atoms with E-state index in [-0.39, 0.29) is 5.91 Å². The molecule has 6 heteroatoms. The number of rotatable bonds is 3. The Morgan fingerprint density at radius 2 is 2.33 bits per heavy atom. The predicted octanol–water partition coefficient (Wildman–Crippen LogP) is 3.32. The molecule has 0 saturated carbocycles. The van der Waals surface area contributed by atoms with Crippen molar-refractivity contribution in [2.75, 3.05) is 23.8 Å². The van der Waals surface area contributed by atoms with Crippen molar-refractivity contribution in [1.82, 2.24) is 4.98 Å². The minimum Gasteiger partial charge on any atom is -0.489 e. The van der Waals surface area contributed by atoms with Crippen molar-refractivity contribution in [3.63, 3.8) is 0 Å². The third kappa shape index (κ3) is 2.85. The van der Waals surface area contributed by atoms with Crippen LogP contribution in [0.15, 0.2) is 23.6 Å². The number of ether oxygens (including phenoxy) is 1. The van der Waals surface area contributed by atoms with E-state index < -0.39 is 0 Å². The Morgan fingerprint density at radius 3 is 3.10 bits per heavy atom. The highest BCUT2D eigenvalue weighted by molar-refractivity contribution is 7.14. The number of thiazole rings is 1. The van der Waals surface area contributed by atoms with Gasteiger partial charge in [0.25, 0.3) is 5.91 Å². The number of fused-ring (bicyclic) bond motifs is 1. The first kappa shape index (κ1) is 13.9. The number of carbonyl (C=O) groups is 1. The van der Waals surface area contributed by atoms with Crippen molar-refractivity contribution in [2.45, 2.75) is 19.8 Å². The van der Waals surface area contributed by atoms with Gasteiger partial charge in [0.05, 0.1) is 16.9 Å². The van der Waals surface area contributed by atoms with Crippen LogP contribution in [0.5, 0.6) is 5.75 Å². The van der Waals surface area contributed by atoms with E-state index >= 15 is 0 Å². The van der Waals surface area contributed by atoms with Gasteiger partial charge in [0.2, 0.25) is 0 Å². The lowest BCUT2D eigenvalue weighted by Crippen LogP contribution is -2.21. The Morgan fingerprint density at radius 1 is 1.48 bits per heavy atom. The normalized spacial score (nSPS) is 13.3. The molecule has 5 nitrogen and oxygen atoms in total. The molecule has 0 aliphatic carbocycles. The van der Waals surface area contributed by atoms with E-state index in [0.717, 1.165) is 17.9 Å². The molecular weight excluding hydrogens is 286 g/mol. The maximum Gasteiger partial charge on any atom is 0.261 e. The molecule has 0 bridgehead atoms. The fourth-order valence-corrected chi connectivity index (χ4v) is 2.99. The number of aromatic nitrogens is 1. The number of anilines is 2. The first-order valence-electron chi connectivity index (χ1n) is 6.91. The van der Waals surface area contributed by atoms with Crippen LogP contribution in [-0.2, 0) is 0 Å². The van der Waals surface area contributed by atoms with Crippen molar-refractivity contribution in [3.8, 4) is 5.75 Å². The summed E-state index contributed by atoms with van der Waals surface area (Å²) >= 11 is 1.44. The minimum atomic E-state index is -0.194. The van der Waals surface area contributed by atoms with E-state index in [0.29, 0.717) is 29.0 Å². The summed E-state index contributed by atoms with van der Waals surface area (Å²) in [6.45, 7) is 5.47. The Bertz CT molecular complexity index is 667. The number of hydrogen-bond acceptors (Lipinski definition) is 5. The molecule has 1 amide bonds. The van der Waals surface area contributed by atoms with Crippen molar-refractivity contribution in [1.29, 1.82) is 0 Å². The molecule has 110 valence electrons. The van der Waals surface area contributed by atoms with Crippen molar-refractivity contribution in [3.05, 3.63) is 34.8 Å². The molecule has 1 aliphatic rings. The fraction of sp³-hybridized carbons (Fsp3) is 0.333. The molecule has 2 aromatic rings. The zero-order valence-corrected chi connectivity index (χ0v) is 12.8. The van der Waals surface area contributed by atoms with Crippen molar-refractivity contribution < 1.29 is 9.53 Å². The summed E-state index contributed by atoms with van der Waals surface area (Å²) in [6, 6.07) is 5.51. The number of benzene rings is 1. The number of carbonyl (C=O) groups excluding carboxylic acids is 1. The fourth-order valence-electron chi connectivity index (χ4n) is 2.12. The van der Waals surface area contributed by atoms with Crippen LogP contribution in [0.3, 0.4) is 0 Å². The van der Waals surface area contributed by atoms with E-state index in [1.807, 2.05) is 17.5 Å². The van der Waals surface area contributed by atoms with Gasteiger partial charge in [0.1, 0.15) is 6.61 Å². The van der Waals surface area contributed by atoms with Crippen LogP contribution >= 0.6 is 11.3 Å². The molecule has 1 aromatic carbocycles. The quantitative estimate of drug-likeness (QED) is 0.913. The molecule has 0 spiro atoms. The maximum atomic E-state index is 12.4. The second-order valence-corrected chi connectivity index (χ2v) is 6.00. The number of hydrogen-bond donors (Lipinski definition) is 2. The van der Waals surface area contributed by atoms with Gasteiger partial charge in [-0.1, -0.05) is 19.9 Å². The molecular formula is C15H17N3O2S. The van der Waals surface area contributed by atoms with Gasteiger partial charge < -0.3 is 10.1 Å². The Kier molecular flexibility index (Phi) is 3.79. The molecule has 0 unspecified atom stereocenters. The second-order valence-electron chi connectivity index (χ2n) is 5.14. The molecule has 1 aromatic heterocycles. The van der Waals surface area contributed by atoms with Crippen LogP contribution in [-0.4, -0.2) is 24.0 Å². The summed E-state index contributed by atoms with van der Waals surface area (Å²) in [6.07, 6.45) is 0. The van der Waals surface area contributed by atoms with Gasteiger partial charge >= 0.3 is 0 Å². The van der Waals surface area contributed by atoms with Crippen LogP contribution in [0.2, 0.25) is 0 Å². The second kappa shape index (κ2) is 5.73. The van der Waals surface area contributed by atoms with Gasteiger partial charge in [-0.2, -0.15) is 0 Å². The molecule has 0 radical (unpaired) electrons. The zero-order valence-electron chi connectivity index (χ0n) is 12.0. The molecule has 2 heterocycles. The average Bonchev–Trinajstić information content (AvgIpc) is 2.95. The lowest BCUT2D eigenvalue weighted by atomic mass is 10.1. The summed E-state index contributed by atoms with van der Waals surface area (Å²) < 4.78 is 5.62. The third-order valence-electron chi connectivity index (χ3n) is 3.26. The average molecular weight is 303 g/mol. The van der Waals surface area contributed by atoms with Crippen molar-refractivity contribution >= 4 is 28.1 Å². The summed E-state index contributed by atoms with van der Waals surface area (Å²) in [5.74, 6) is 0.769. The van der Waals surface area contributed by atoms with Gasteiger partial charge in [-0.3, -0.25) is 10.1 Å². The van der Waals surface area contributed by atoms with Gasteiger partial charge in [-0.25, -0.2) is 4.98 Å². The maximum absolute atomic E-state index is 12.4. The number of nitrogens with one attached hydrogen (secondary N) is 2. The highest BCUT2D eigenvalue weighted by atomic mass is 32.1. The molecule has 21 heavy (non-hydrogen) atoms. The molecule has 0 fully saturated rings. The predicted molar refractivity (Wildman–Crippen MR) is 84.6 cm³/mol. The van der Waals surface area contributed by atoms with Crippen LogP contribution in [0.25, 0.3) is 0 Å². The zero-order chi connectivity index (χ0) is 14.8. The third-order valence-corrected chi connectivity index (χ3v) is 4.03. The highest BCUT2D eigenvalue weighted by Crippen LogP contribution is 2.32. The van der Waals surface area contributed by atoms with E-state index in [9.17, 15) is 4.79 Å². The molecule has 1 aliphatic heterocycles. The van der Waals surface area contributed by atoms with Gasteiger partial charge in [-0.05, 0) is 18.1 Å². The molecule has 2 N–H and O–H groups in total. The van der Waals surface area contributed by atoms with Gasteiger partial charge in [0, 0.05) is 11.9 Å². The van der Waals surface area contributed by atoms with Gasteiger partial charge in [0.15, 0.2) is 10.9 Å². The summed E-state index contributed by atoms with van der Waals surface area (Å²) in [4.78, 5) is 16.8. The number of para-hydroxylation sites is 1. The minimum absolute atomic E-state index is 0.194. The van der Waals surface area contributed by atoms with E-state index in [2.05, 4.69) is 29.5 Å². The monoisotopic (exact) mass is 303 g/mol. The van der Waals surface area contributed by atoms with Crippen LogP contribution in [0, 0.1) is 0 Å². The topological polar surface area (TPSA) is 63.2 Å². The van der Waals surface area contributed by atoms with Crippen LogP contribution in [0.1, 0.15) is 35.8 Å². The number of amides is 1. The van der Waals surface area contributed by atoms with E-state index in [1.165, 1.54) is 11.3 Å². The van der Waals surface area contributed by atoms with E-state index in [4.69, 9.17) is 4.74 Å². The molecule has 0 saturated heterocycles. The molecule has 0 atom stereocenters. The standard InChI is InChI=1S/C15H17N3O2S/c1-9(2)12-8-21-15(17-12)18-14(19)10-4-3-5-11-13(10)20-7-6-16-11/h3-5,8-9,16H,6-7H2,1-2H3,(H,17,18,19). The Balaban J connectivity index is 1.82. The highest BCUT2D eigenvalue weighted by Gasteiger charge is 2.19.